The van der Waals surface area contributed by atoms with Crippen LogP contribution in [0.1, 0.15) is 65.7 Å². The van der Waals surface area contributed by atoms with E-state index in [-0.39, 0.29) is 23.6 Å². The second-order valence-electron chi connectivity index (χ2n) is 7.84. The average molecular weight is 310 g/mol. The van der Waals surface area contributed by atoms with Gasteiger partial charge in [0, 0.05) is 5.41 Å². The number of aliphatic hydroxyl groups is 1. The Morgan fingerprint density at radius 2 is 1.82 bits per heavy atom. The minimum absolute atomic E-state index is 0.161. The summed E-state index contributed by atoms with van der Waals surface area (Å²) < 4.78 is 11.1. The molecule has 3 atom stereocenters. The van der Waals surface area contributed by atoms with Crippen molar-refractivity contribution < 1.29 is 19.4 Å². The van der Waals surface area contributed by atoms with Crippen molar-refractivity contribution in [2.24, 2.45) is 23.2 Å². The molecule has 4 rings (SSSR count). The van der Waals surface area contributed by atoms with Crippen LogP contribution >= 0.6 is 0 Å². The Morgan fingerprint density at radius 3 is 2.27 bits per heavy atom. The van der Waals surface area contributed by atoms with Crippen LogP contribution in [0.15, 0.2) is 0 Å². The molecule has 4 nitrogen and oxygen atoms in total. The Balaban J connectivity index is 1.76. The minimum Gasteiger partial charge on any atom is -0.457 e. The van der Waals surface area contributed by atoms with Crippen LogP contribution < -0.4 is 0 Å². The molecule has 0 heterocycles. The first-order valence-corrected chi connectivity index (χ1v) is 8.95. The van der Waals surface area contributed by atoms with Crippen LogP contribution in [0.25, 0.3) is 0 Å². The van der Waals surface area contributed by atoms with Gasteiger partial charge < -0.3 is 14.6 Å². The first-order chi connectivity index (χ1) is 10.4. The third-order valence-electron chi connectivity index (χ3n) is 6.78. The molecule has 0 aromatic heterocycles. The summed E-state index contributed by atoms with van der Waals surface area (Å²) in [6, 6.07) is 0. The van der Waals surface area contributed by atoms with E-state index in [9.17, 15) is 9.90 Å². The number of ether oxygens (including phenoxy) is 2. The van der Waals surface area contributed by atoms with E-state index < -0.39 is 6.29 Å². The van der Waals surface area contributed by atoms with Gasteiger partial charge in [0.1, 0.15) is 12.2 Å². The molecule has 4 fully saturated rings. The van der Waals surface area contributed by atoms with Gasteiger partial charge in [-0.1, -0.05) is 13.8 Å². The molecular weight excluding hydrogens is 280 g/mol. The van der Waals surface area contributed by atoms with Gasteiger partial charge in [-0.25, -0.2) is 4.79 Å². The van der Waals surface area contributed by atoms with Crippen LogP contribution in [0.4, 0.5) is 0 Å². The molecule has 3 unspecified atom stereocenters. The zero-order valence-corrected chi connectivity index (χ0v) is 14.1. The fraction of sp³-hybridized carbons (Fsp3) is 0.944. The maximum Gasteiger partial charge on any atom is 0.332 e. The highest BCUT2D eigenvalue weighted by Gasteiger charge is 2.64. The van der Waals surface area contributed by atoms with Crippen molar-refractivity contribution in [2.45, 2.75) is 77.6 Å². The monoisotopic (exact) mass is 310 g/mol. The van der Waals surface area contributed by atoms with Gasteiger partial charge in [-0.3, -0.25) is 0 Å². The number of hydrogen-bond acceptors (Lipinski definition) is 4. The molecule has 0 aliphatic heterocycles. The lowest BCUT2D eigenvalue weighted by molar-refractivity contribution is -0.198. The lowest BCUT2D eigenvalue weighted by Gasteiger charge is -2.52. The summed E-state index contributed by atoms with van der Waals surface area (Å²) in [6.07, 6.45) is 7.31. The zero-order chi connectivity index (χ0) is 16.0. The van der Waals surface area contributed by atoms with Gasteiger partial charge in [-0.15, -0.1) is 0 Å². The Morgan fingerprint density at radius 1 is 1.23 bits per heavy atom. The average Bonchev–Trinajstić information content (AvgIpc) is 2.90. The van der Waals surface area contributed by atoms with Gasteiger partial charge in [0.2, 0.25) is 0 Å². The Bertz CT molecular complexity index is 407. The second kappa shape index (κ2) is 5.79. The number of carbonyl (C=O) groups excluding carboxylic acids is 1. The molecule has 0 aromatic carbocycles. The summed E-state index contributed by atoms with van der Waals surface area (Å²) in [5.74, 6) is 2.25. The Kier molecular flexibility index (Phi) is 4.28. The molecule has 0 radical (unpaired) electrons. The van der Waals surface area contributed by atoms with E-state index in [1.54, 1.807) is 0 Å². The second-order valence-corrected chi connectivity index (χ2v) is 7.84. The number of rotatable bonds is 7. The van der Waals surface area contributed by atoms with Gasteiger partial charge in [0.05, 0.1) is 0 Å². The zero-order valence-electron chi connectivity index (χ0n) is 14.1. The van der Waals surface area contributed by atoms with Gasteiger partial charge in [0.25, 0.3) is 0 Å². The van der Waals surface area contributed by atoms with E-state index in [2.05, 4.69) is 13.8 Å². The number of esters is 1. The smallest absolute Gasteiger partial charge is 0.332 e. The van der Waals surface area contributed by atoms with Crippen LogP contribution in [0.5, 0.6) is 0 Å². The largest absolute Gasteiger partial charge is 0.457 e. The van der Waals surface area contributed by atoms with Crippen molar-refractivity contribution >= 4 is 5.97 Å². The van der Waals surface area contributed by atoms with Crippen LogP contribution in [-0.2, 0) is 14.3 Å². The van der Waals surface area contributed by atoms with Gasteiger partial charge in [0.15, 0.2) is 6.29 Å². The maximum absolute atomic E-state index is 12.2. The highest BCUT2D eigenvalue weighted by Crippen LogP contribution is 2.69. The summed E-state index contributed by atoms with van der Waals surface area (Å²) in [7, 11) is 0. The van der Waals surface area contributed by atoms with Crippen molar-refractivity contribution in [1.82, 2.24) is 0 Å². The minimum atomic E-state index is -0.929. The molecule has 4 aliphatic carbocycles. The fourth-order valence-corrected chi connectivity index (χ4v) is 6.06. The van der Waals surface area contributed by atoms with E-state index in [0.717, 1.165) is 30.6 Å². The van der Waals surface area contributed by atoms with E-state index in [1.807, 2.05) is 0 Å². The molecule has 0 amide bonds. The highest BCUT2D eigenvalue weighted by molar-refractivity contribution is 5.71. The third-order valence-corrected chi connectivity index (χ3v) is 6.78. The molecule has 126 valence electrons. The Labute approximate surface area is 133 Å². The SMILES string of the molecule is CCC(CC)(OC(=O)COC(C)O)C12CC3CC(C1)C(C3)C2. The molecule has 22 heavy (non-hydrogen) atoms. The number of aliphatic hydroxyl groups excluding tert-OH is 1. The van der Waals surface area contributed by atoms with Crippen molar-refractivity contribution in [3.8, 4) is 0 Å². The summed E-state index contributed by atoms with van der Waals surface area (Å²) >= 11 is 0. The predicted octanol–water partition coefficient (Wildman–Crippen LogP) is 3.27. The lowest BCUT2D eigenvalue weighted by Crippen LogP contribution is -2.52. The molecule has 0 saturated heterocycles. The van der Waals surface area contributed by atoms with Crippen molar-refractivity contribution in [2.75, 3.05) is 6.61 Å². The fourth-order valence-electron chi connectivity index (χ4n) is 6.06. The normalized spacial score (nSPS) is 37.5. The first kappa shape index (κ1) is 16.3. The first-order valence-electron chi connectivity index (χ1n) is 8.95. The topological polar surface area (TPSA) is 55.8 Å². The van der Waals surface area contributed by atoms with Crippen molar-refractivity contribution in [1.29, 1.82) is 0 Å². The molecule has 0 spiro atoms. The molecule has 4 aliphatic rings. The molecule has 4 bridgehead atoms. The van der Waals surface area contributed by atoms with Crippen LogP contribution in [0.2, 0.25) is 0 Å². The summed E-state index contributed by atoms with van der Waals surface area (Å²) in [4.78, 5) is 12.2. The molecular formula is C18H30O4. The predicted molar refractivity (Wildman–Crippen MR) is 83.0 cm³/mol. The molecule has 1 N–H and O–H groups in total. The van der Waals surface area contributed by atoms with Crippen molar-refractivity contribution in [3.05, 3.63) is 0 Å². The van der Waals surface area contributed by atoms with Gasteiger partial charge >= 0.3 is 5.97 Å². The van der Waals surface area contributed by atoms with E-state index in [0.29, 0.717) is 0 Å². The van der Waals surface area contributed by atoms with Gasteiger partial charge in [-0.2, -0.15) is 0 Å². The number of carbonyl (C=O) groups is 1. The standard InChI is InChI=1S/C18H30O4/c1-4-18(5-2,22-16(20)11-21-12(3)19)17-8-13-6-14(9-17)15(7-13)10-17/h12-15,19H,4-11H2,1-3H3. The van der Waals surface area contributed by atoms with E-state index in [4.69, 9.17) is 9.47 Å². The third kappa shape index (κ3) is 2.48. The lowest BCUT2D eigenvalue weighted by atomic mass is 9.58. The van der Waals surface area contributed by atoms with Gasteiger partial charge in [-0.05, 0) is 69.6 Å². The van der Waals surface area contributed by atoms with Crippen LogP contribution in [-0.4, -0.2) is 29.6 Å². The highest BCUT2D eigenvalue weighted by atomic mass is 16.6. The van der Waals surface area contributed by atoms with E-state index >= 15 is 0 Å². The van der Waals surface area contributed by atoms with E-state index in [1.165, 1.54) is 39.0 Å². The molecule has 4 heteroatoms. The van der Waals surface area contributed by atoms with Crippen molar-refractivity contribution in [3.63, 3.8) is 0 Å². The summed E-state index contributed by atoms with van der Waals surface area (Å²) in [5, 5.41) is 9.18. The molecule has 0 aromatic rings. The molecule has 4 saturated carbocycles. The maximum atomic E-state index is 12.2. The summed E-state index contributed by atoms with van der Waals surface area (Å²) in [6.45, 7) is 5.64. The van der Waals surface area contributed by atoms with Crippen LogP contribution in [0.3, 0.4) is 0 Å². The Hall–Kier alpha value is -0.610. The quantitative estimate of drug-likeness (QED) is 0.579. The van der Waals surface area contributed by atoms with Crippen LogP contribution in [0, 0.1) is 23.2 Å². The number of hydrogen-bond donors (Lipinski definition) is 1. The summed E-state index contributed by atoms with van der Waals surface area (Å²) in [5.41, 5.74) is -0.161.